The highest BCUT2D eigenvalue weighted by atomic mass is 32.2. The van der Waals surface area contributed by atoms with E-state index in [2.05, 4.69) is 31.3 Å². The zero-order chi connectivity index (χ0) is 27.4. The van der Waals surface area contributed by atoms with Crippen molar-refractivity contribution in [3.63, 3.8) is 0 Å². The molecule has 0 bridgehead atoms. The van der Waals surface area contributed by atoms with Gasteiger partial charge < -0.3 is 0 Å². The lowest BCUT2D eigenvalue weighted by atomic mass is 9.87. The van der Waals surface area contributed by atoms with Crippen LogP contribution in [0.3, 0.4) is 0 Å². The molecular weight excluding hydrogens is 482 g/mol. The molecule has 37 heavy (non-hydrogen) atoms. The molecule has 0 saturated heterocycles. The monoisotopic (exact) mass is 519 g/mol. The van der Waals surface area contributed by atoms with Gasteiger partial charge in [-0.1, -0.05) is 92.6 Å². The van der Waals surface area contributed by atoms with E-state index in [1.165, 1.54) is 9.87 Å². The number of sulfonamides is 1. The Bertz CT molecular complexity index is 1360. The smallest absolute Gasteiger partial charge is 0.255 e. The quantitative estimate of drug-likeness (QED) is 0.313. The van der Waals surface area contributed by atoms with Gasteiger partial charge in [0.05, 0.1) is 17.7 Å². The molecule has 3 rings (SSSR count). The Balaban J connectivity index is 1.82. The maximum absolute atomic E-state index is 13.8. The van der Waals surface area contributed by atoms with Crippen LogP contribution in [0, 0.1) is 27.7 Å². The van der Waals surface area contributed by atoms with Crippen LogP contribution in [-0.2, 0) is 26.8 Å². The number of carbonyl (C=O) groups is 1. The van der Waals surface area contributed by atoms with Crippen LogP contribution in [0.25, 0.3) is 0 Å². The summed E-state index contributed by atoms with van der Waals surface area (Å²) < 4.78 is 28.8. The van der Waals surface area contributed by atoms with E-state index in [4.69, 9.17) is 0 Å². The minimum Gasteiger partial charge on any atom is -0.272 e. The zero-order valence-electron chi connectivity index (χ0n) is 22.8. The molecule has 3 aromatic carbocycles. The number of benzene rings is 3. The largest absolute Gasteiger partial charge is 0.272 e. The Morgan fingerprint density at radius 3 is 2.00 bits per heavy atom. The van der Waals surface area contributed by atoms with Crippen LogP contribution in [0.1, 0.15) is 59.7 Å². The average molecular weight is 520 g/mol. The van der Waals surface area contributed by atoms with E-state index >= 15 is 0 Å². The molecular formula is C30H37N3O3S. The normalized spacial score (nSPS) is 12.3. The van der Waals surface area contributed by atoms with E-state index in [1.54, 1.807) is 20.1 Å². The van der Waals surface area contributed by atoms with Crippen molar-refractivity contribution in [2.45, 2.75) is 65.3 Å². The molecule has 0 aliphatic heterocycles. The molecule has 7 heteroatoms. The van der Waals surface area contributed by atoms with Gasteiger partial charge in [-0.25, -0.2) is 13.8 Å². The highest BCUT2D eigenvalue weighted by molar-refractivity contribution is 7.89. The summed E-state index contributed by atoms with van der Waals surface area (Å²) >= 11 is 0. The van der Waals surface area contributed by atoms with Crippen molar-refractivity contribution in [3.8, 4) is 0 Å². The van der Waals surface area contributed by atoms with Crippen molar-refractivity contribution >= 4 is 22.1 Å². The van der Waals surface area contributed by atoms with Crippen LogP contribution in [0.5, 0.6) is 0 Å². The van der Waals surface area contributed by atoms with Crippen LogP contribution >= 0.6 is 0 Å². The van der Waals surface area contributed by atoms with Crippen molar-refractivity contribution in [1.82, 2.24) is 9.73 Å². The van der Waals surface area contributed by atoms with Gasteiger partial charge in [0.25, 0.3) is 5.91 Å². The fourth-order valence-corrected chi connectivity index (χ4v) is 6.07. The van der Waals surface area contributed by atoms with Gasteiger partial charge in [0, 0.05) is 6.54 Å². The van der Waals surface area contributed by atoms with E-state index in [0.29, 0.717) is 11.1 Å². The molecule has 0 fully saturated rings. The summed E-state index contributed by atoms with van der Waals surface area (Å²) in [4.78, 5) is 13.1. The number of hydrogen-bond acceptors (Lipinski definition) is 4. The highest BCUT2D eigenvalue weighted by Gasteiger charge is 2.30. The average Bonchev–Trinajstić information content (AvgIpc) is 2.79. The summed E-state index contributed by atoms with van der Waals surface area (Å²) in [6.45, 7) is 13.6. The second-order valence-corrected chi connectivity index (χ2v) is 12.5. The summed E-state index contributed by atoms with van der Waals surface area (Å²) in [5.41, 5.74) is 8.74. The first-order chi connectivity index (χ1) is 17.3. The second kappa shape index (κ2) is 11.4. The van der Waals surface area contributed by atoms with E-state index in [-0.39, 0.29) is 23.4 Å². The van der Waals surface area contributed by atoms with Crippen LogP contribution in [0.2, 0.25) is 0 Å². The third-order valence-corrected chi connectivity index (χ3v) is 8.28. The topological polar surface area (TPSA) is 78.8 Å². The van der Waals surface area contributed by atoms with Gasteiger partial charge in [0.2, 0.25) is 10.0 Å². The molecule has 0 atom stereocenters. The molecule has 0 aliphatic carbocycles. The lowest BCUT2D eigenvalue weighted by molar-refractivity contribution is -0.121. The van der Waals surface area contributed by atoms with Crippen molar-refractivity contribution in [2.75, 3.05) is 6.54 Å². The molecule has 0 spiro atoms. The second-order valence-electron chi connectivity index (χ2n) is 10.7. The summed E-state index contributed by atoms with van der Waals surface area (Å²) in [6, 6.07) is 19.2. The van der Waals surface area contributed by atoms with Gasteiger partial charge in [0.15, 0.2) is 0 Å². The van der Waals surface area contributed by atoms with Gasteiger partial charge in [0.1, 0.15) is 0 Å². The number of amides is 1. The van der Waals surface area contributed by atoms with Gasteiger partial charge in [-0.15, -0.1) is 0 Å². The van der Waals surface area contributed by atoms with E-state index < -0.39 is 15.9 Å². The van der Waals surface area contributed by atoms with E-state index in [9.17, 15) is 13.2 Å². The fourth-order valence-electron chi connectivity index (χ4n) is 4.27. The number of nitrogens with zero attached hydrogens (tertiary/aromatic N) is 2. The first-order valence-electron chi connectivity index (χ1n) is 12.3. The van der Waals surface area contributed by atoms with Crippen molar-refractivity contribution in [3.05, 3.63) is 99.6 Å². The number of aryl methyl sites for hydroxylation is 4. The van der Waals surface area contributed by atoms with Gasteiger partial charge in [-0.05, 0) is 60.9 Å². The minimum absolute atomic E-state index is 0.0461. The van der Waals surface area contributed by atoms with E-state index in [0.717, 1.165) is 22.3 Å². The molecule has 1 amide bonds. The Labute approximate surface area is 221 Å². The van der Waals surface area contributed by atoms with E-state index in [1.807, 2.05) is 74.5 Å². The molecule has 6 nitrogen and oxygen atoms in total. The molecule has 1 N–H and O–H groups in total. The predicted octanol–water partition coefficient (Wildman–Crippen LogP) is 5.56. The fraction of sp³-hybridized carbons (Fsp3) is 0.333. The number of carbonyl (C=O) groups excluding carboxylic acids is 1. The molecule has 0 aromatic heterocycles. The number of hydrazone groups is 1. The maximum atomic E-state index is 13.8. The summed E-state index contributed by atoms with van der Waals surface area (Å²) in [5.74, 6) is -0.513. The molecule has 0 unspecified atom stereocenters. The Morgan fingerprint density at radius 2 is 1.46 bits per heavy atom. The zero-order valence-corrected chi connectivity index (χ0v) is 23.6. The summed E-state index contributed by atoms with van der Waals surface area (Å²) in [7, 11) is -3.96. The SMILES string of the molecule is Cc1ccc(CN(CC(=O)N/N=C/c2ccc(C(C)(C)C)cc2)S(=O)(=O)c2c(C)cc(C)cc2C)cc1. The minimum atomic E-state index is -3.96. The molecule has 0 saturated carbocycles. The first-order valence-corrected chi connectivity index (χ1v) is 13.8. The third-order valence-electron chi connectivity index (χ3n) is 6.18. The number of nitrogens with one attached hydrogen (secondary N) is 1. The van der Waals surface area contributed by atoms with Crippen molar-refractivity contribution in [1.29, 1.82) is 0 Å². The highest BCUT2D eigenvalue weighted by Crippen LogP contribution is 2.26. The first kappa shape index (κ1) is 28.3. The number of hydrogen-bond donors (Lipinski definition) is 1. The van der Waals surface area contributed by atoms with Gasteiger partial charge in [-0.3, -0.25) is 4.79 Å². The Hall–Kier alpha value is -3.29. The molecule has 0 radical (unpaired) electrons. The summed E-state index contributed by atoms with van der Waals surface area (Å²) in [5, 5.41) is 4.06. The molecule has 3 aromatic rings. The van der Waals surface area contributed by atoms with Crippen LogP contribution in [-0.4, -0.2) is 31.4 Å². The van der Waals surface area contributed by atoms with Crippen LogP contribution < -0.4 is 5.43 Å². The van der Waals surface area contributed by atoms with Gasteiger partial charge in [-0.2, -0.15) is 9.41 Å². The van der Waals surface area contributed by atoms with Crippen LogP contribution in [0.15, 0.2) is 70.7 Å². The summed E-state index contributed by atoms with van der Waals surface area (Å²) in [6.07, 6.45) is 1.55. The molecule has 0 heterocycles. The van der Waals surface area contributed by atoms with Crippen LogP contribution in [0.4, 0.5) is 0 Å². The Kier molecular flexibility index (Phi) is 8.72. The molecule has 196 valence electrons. The predicted molar refractivity (Wildman–Crippen MR) is 150 cm³/mol. The van der Waals surface area contributed by atoms with Gasteiger partial charge >= 0.3 is 0 Å². The third kappa shape index (κ3) is 7.37. The maximum Gasteiger partial charge on any atom is 0.255 e. The lowest BCUT2D eigenvalue weighted by Gasteiger charge is -2.24. The standard InChI is InChI=1S/C30H37N3O3S/c1-21-8-10-26(11-9-21)19-33(37(35,36)29-23(3)16-22(2)17-24(29)4)20-28(34)32-31-18-25-12-14-27(15-13-25)30(5,6)7/h8-18H,19-20H2,1-7H3,(H,32,34)/b31-18+. The lowest BCUT2D eigenvalue weighted by Crippen LogP contribution is -2.39. The van der Waals surface area contributed by atoms with Crippen molar-refractivity contribution in [2.24, 2.45) is 5.10 Å². The number of rotatable bonds is 8. The Morgan fingerprint density at radius 1 is 0.892 bits per heavy atom. The van der Waals surface area contributed by atoms with Crippen molar-refractivity contribution < 1.29 is 13.2 Å². The molecule has 0 aliphatic rings.